The number of ether oxygens (including phenoxy) is 1. The third-order valence-electron chi connectivity index (χ3n) is 2.83. The SMILES string of the molecule is CC(=O)Oc1c(O)c2cc(S(=O)(=O)Cl)ccc2n(C)c1=O. The van der Waals surface area contributed by atoms with Gasteiger partial charge in [0.05, 0.1) is 10.4 Å². The van der Waals surface area contributed by atoms with Gasteiger partial charge in [-0.2, -0.15) is 0 Å². The molecule has 0 amide bonds. The Morgan fingerprint density at radius 3 is 2.52 bits per heavy atom. The molecule has 0 aliphatic rings. The van der Waals surface area contributed by atoms with E-state index in [1.54, 1.807) is 0 Å². The van der Waals surface area contributed by atoms with E-state index in [0.717, 1.165) is 17.6 Å². The van der Waals surface area contributed by atoms with E-state index in [4.69, 9.17) is 10.7 Å². The number of hydrogen-bond acceptors (Lipinski definition) is 6. The zero-order valence-electron chi connectivity index (χ0n) is 11.0. The number of aromatic hydroxyl groups is 1. The highest BCUT2D eigenvalue weighted by atomic mass is 35.7. The number of halogens is 1. The first-order valence-corrected chi connectivity index (χ1v) is 7.92. The molecule has 0 saturated heterocycles. The highest BCUT2D eigenvalue weighted by Crippen LogP contribution is 2.33. The van der Waals surface area contributed by atoms with E-state index in [1.807, 2.05) is 0 Å². The molecule has 0 unspecified atom stereocenters. The molecule has 2 aromatic rings. The van der Waals surface area contributed by atoms with Crippen molar-refractivity contribution in [3.05, 3.63) is 28.6 Å². The molecule has 0 saturated carbocycles. The van der Waals surface area contributed by atoms with E-state index in [2.05, 4.69) is 4.74 Å². The standard InChI is InChI=1S/C12H10ClNO6S/c1-6(15)20-11-10(16)8-5-7(21(13,18)19)3-4-9(8)14(2)12(11)17/h3-5,16H,1-2H3. The van der Waals surface area contributed by atoms with Crippen molar-refractivity contribution in [3.63, 3.8) is 0 Å². The third-order valence-corrected chi connectivity index (χ3v) is 4.18. The zero-order chi connectivity index (χ0) is 15.9. The number of esters is 1. The molecule has 0 atom stereocenters. The number of pyridine rings is 1. The van der Waals surface area contributed by atoms with Crippen molar-refractivity contribution in [1.82, 2.24) is 4.57 Å². The molecule has 1 aromatic carbocycles. The second kappa shape index (κ2) is 5.05. The summed E-state index contributed by atoms with van der Waals surface area (Å²) in [5.74, 6) is -1.98. The minimum atomic E-state index is -4.00. The molecule has 7 nitrogen and oxygen atoms in total. The molecule has 1 aromatic heterocycles. The van der Waals surface area contributed by atoms with Crippen LogP contribution < -0.4 is 10.3 Å². The van der Waals surface area contributed by atoms with Crippen molar-refractivity contribution >= 4 is 36.6 Å². The van der Waals surface area contributed by atoms with Crippen LogP contribution >= 0.6 is 10.7 Å². The topological polar surface area (TPSA) is 103 Å². The summed E-state index contributed by atoms with van der Waals surface area (Å²) in [5.41, 5.74) is -0.464. The van der Waals surface area contributed by atoms with Gasteiger partial charge in [0, 0.05) is 30.0 Å². The van der Waals surface area contributed by atoms with Crippen LogP contribution in [0.25, 0.3) is 10.9 Å². The molecule has 2 rings (SSSR count). The fourth-order valence-corrected chi connectivity index (χ4v) is 2.65. The molecule has 0 aliphatic carbocycles. The van der Waals surface area contributed by atoms with Gasteiger partial charge >= 0.3 is 5.97 Å². The number of hydrogen-bond donors (Lipinski definition) is 1. The number of carbonyl (C=O) groups is 1. The Morgan fingerprint density at radius 2 is 2.00 bits per heavy atom. The summed E-state index contributed by atoms with van der Waals surface area (Å²) in [6, 6.07) is 3.62. The molecular formula is C12H10ClNO6S. The predicted molar refractivity (Wildman–Crippen MR) is 75.2 cm³/mol. The van der Waals surface area contributed by atoms with Crippen molar-refractivity contribution in [2.75, 3.05) is 0 Å². The minimum absolute atomic E-state index is 0.0232. The van der Waals surface area contributed by atoms with Gasteiger partial charge in [0.2, 0.25) is 5.75 Å². The molecular weight excluding hydrogens is 322 g/mol. The Kier molecular flexibility index (Phi) is 3.68. The normalized spacial score (nSPS) is 11.6. The Balaban J connectivity index is 2.91. The molecule has 9 heteroatoms. The van der Waals surface area contributed by atoms with Gasteiger partial charge < -0.3 is 14.4 Å². The highest BCUT2D eigenvalue weighted by Gasteiger charge is 2.20. The van der Waals surface area contributed by atoms with E-state index in [0.29, 0.717) is 0 Å². The molecule has 0 bridgehead atoms. The molecule has 1 N–H and O–H groups in total. The van der Waals surface area contributed by atoms with Crippen LogP contribution in [-0.4, -0.2) is 24.1 Å². The molecule has 0 fully saturated rings. The summed E-state index contributed by atoms with van der Waals surface area (Å²) in [7, 11) is 2.63. The maximum atomic E-state index is 12.0. The van der Waals surface area contributed by atoms with Crippen LogP contribution in [0.5, 0.6) is 11.5 Å². The summed E-state index contributed by atoms with van der Waals surface area (Å²) in [5, 5.41) is 10.1. The van der Waals surface area contributed by atoms with Crippen LogP contribution in [-0.2, 0) is 20.9 Å². The summed E-state index contributed by atoms with van der Waals surface area (Å²) in [6.07, 6.45) is 0. The molecule has 0 aliphatic heterocycles. The smallest absolute Gasteiger partial charge is 0.308 e. The Labute approximate surface area is 123 Å². The average molecular weight is 332 g/mol. The molecule has 21 heavy (non-hydrogen) atoms. The number of benzene rings is 1. The summed E-state index contributed by atoms with van der Waals surface area (Å²) in [6.45, 7) is 1.07. The van der Waals surface area contributed by atoms with Gasteiger partial charge in [0.1, 0.15) is 0 Å². The highest BCUT2D eigenvalue weighted by molar-refractivity contribution is 8.13. The van der Waals surface area contributed by atoms with E-state index in [1.165, 1.54) is 19.2 Å². The van der Waals surface area contributed by atoms with Gasteiger partial charge in [-0.05, 0) is 18.2 Å². The summed E-state index contributed by atoms with van der Waals surface area (Å²) < 4.78 is 28.5. The van der Waals surface area contributed by atoms with Gasteiger partial charge in [-0.15, -0.1) is 0 Å². The number of aryl methyl sites for hydroxylation is 1. The lowest BCUT2D eigenvalue weighted by molar-refractivity contribution is -0.132. The van der Waals surface area contributed by atoms with Crippen molar-refractivity contribution in [2.45, 2.75) is 11.8 Å². The maximum absolute atomic E-state index is 12.0. The second-order valence-electron chi connectivity index (χ2n) is 4.25. The van der Waals surface area contributed by atoms with Crippen LogP contribution in [0.4, 0.5) is 0 Å². The van der Waals surface area contributed by atoms with E-state index < -0.39 is 32.1 Å². The van der Waals surface area contributed by atoms with Crippen LogP contribution in [0.15, 0.2) is 27.9 Å². The van der Waals surface area contributed by atoms with Crippen molar-refractivity contribution in [1.29, 1.82) is 0 Å². The quantitative estimate of drug-likeness (QED) is 0.653. The number of nitrogens with zero attached hydrogens (tertiary/aromatic N) is 1. The first-order valence-electron chi connectivity index (χ1n) is 5.61. The van der Waals surface area contributed by atoms with E-state index in [-0.39, 0.29) is 15.8 Å². The van der Waals surface area contributed by atoms with Gasteiger partial charge in [0.15, 0.2) is 5.75 Å². The second-order valence-corrected chi connectivity index (χ2v) is 6.82. The maximum Gasteiger partial charge on any atom is 0.308 e. The number of fused-ring (bicyclic) bond motifs is 1. The monoisotopic (exact) mass is 331 g/mol. The van der Waals surface area contributed by atoms with Crippen LogP contribution in [0.3, 0.4) is 0 Å². The fraction of sp³-hybridized carbons (Fsp3) is 0.167. The fourth-order valence-electron chi connectivity index (χ4n) is 1.87. The first-order chi connectivity index (χ1) is 9.62. The van der Waals surface area contributed by atoms with E-state index in [9.17, 15) is 23.1 Å². The van der Waals surface area contributed by atoms with Gasteiger partial charge in [-0.3, -0.25) is 9.59 Å². The molecule has 112 valence electrons. The average Bonchev–Trinajstić information content (AvgIpc) is 2.39. The number of aromatic nitrogens is 1. The van der Waals surface area contributed by atoms with Gasteiger partial charge in [0.25, 0.3) is 14.6 Å². The lowest BCUT2D eigenvalue weighted by atomic mass is 10.2. The van der Waals surface area contributed by atoms with Crippen molar-refractivity contribution < 1.29 is 23.1 Å². The summed E-state index contributed by atoms with van der Waals surface area (Å²) >= 11 is 0. The van der Waals surface area contributed by atoms with Gasteiger partial charge in [-0.25, -0.2) is 8.42 Å². The Morgan fingerprint density at radius 1 is 1.38 bits per heavy atom. The zero-order valence-corrected chi connectivity index (χ0v) is 12.5. The van der Waals surface area contributed by atoms with Crippen LogP contribution in [0.1, 0.15) is 6.92 Å². The number of rotatable bonds is 2. The lowest BCUT2D eigenvalue weighted by Gasteiger charge is -2.11. The lowest BCUT2D eigenvalue weighted by Crippen LogP contribution is -2.21. The number of carbonyl (C=O) groups excluding carboxylic acids is 1. The minimum Gasteiger partial charge on any atom is -0.504 e. The molecule has 1 heterocycles. The van der Waals surface area contributed by atoms with Gasteiger partial charge in [-0.1, -0.05) is 0 Å². The Bertz CT molecular complexity index is 915. The van der Waals surface area contributed by atoms with Crippen LogP contribution in [0.2, 0.25) is 0 Å². The third kappa shape index (κ3) is 2.72. The molecule has 0 radical (unpaired) electrons. The predicted octanol–water partition coefficient (Wildman–Crippen LogP) is 1.10. The van der Waals surface area contributed by atoms with Crippen LogP contribution in [0, 0.1) is 0 Å². The first kappa shape index (κ1) is 15.3. The van der Waals surface area contributed by atoms with E-state index >= 15 is 0 Å². The van der Waals surface area contributed by atoms with Crippen molar-refractivity contribution in [3.8, 4) is 11.5 Å². The van der Waals surface area contributed by atoms with Crippen molar-refractivity contribution in [2.24, 2.45) is 7.05 Å². The largest absolute Gasteiger partial charge is 0.504 e. The molecule has 0 spiro atoms. The summed E-state index contributed by atoms with van der Waals surface area (Å²) in [4.78, 5) is 22.7. The Hall–Kier alpha value is -2.06.